The molecule has 2 rings (SSSR count). The van der Waals surface area contributed by atoms with Crippen LogP contribution < -0.4 is 10.1 Å². The van der Waals surface area contributed by atoms with Crippen LogP contribution in [-0.2, 0) is 0 Å². The van der Waals surface area contributed by atoms with Crippen LogP contribution in [0, 0.1) is 5.82 Å². The van der Waals surface area contributed by atoms with Crippen LogP contribution in [0.25, 0.3) is 0 Å². The van der Waals surface area contributed by atoms with Gasteiger partial charge in [0.15, 0.2) is 0 Å². The second-order valence-corrected chi connectivity index (χ2v) is 5.39. The lowest BCUT2D eigenvalue weighted by atomic mass is 9.97. The van der Waals surface area contributed by atoms with Crippen LogP contribution in [0.4, 0.5) is 4.39 Å². The molecule has 1 atom stereocenters. The zero-order chi connectivity index (χ0) is 14.4. The molecule has 0 aliphatic heterocycles. The van der Waals surface area contributed by atoms with Crippen molar-refractivity contribution in [1.82, 2.24) is 5.32 Å². The Hall–Kier alpha value is -1.35. The molecule has 0 amide bonds. The Balaban J connectivity index is 1.91. The van der Waals surface area contributed by atoms with Crippen molar-refractivity contribution < 1.29 is 9.13 Å². The summed E-state index contributed by atoms with van der Waals surface area (Å²) in [5.41, 5.74) is 2.16. The number of allylic oxidation sites excluding steroid dienone is 1. The number of ether oxygens (including phenoxy) is 1. The summed E-state index contributed by atoms with van der Waals surface area (Å²) in [6, 6.07) is 4.92. The van der Waals surface area contributed by atoms with Crippen molar-refractivity contribution in [3.05, 3.63) is 41.2 Å². The van der Waals surface area contributed by atoms with Crippen molar-refractivity contribution >= 4 is 0 Å². The van der Waals surface area contributed by atoms with Crippen molar-refractivity contribution in [3.8, 4) is 5.75 Å². The van der Waals surface area contributed by atoms with Crippen molar-refractivity contribution in [1.29, 1.82) is 0 Å². The number of hydrogen-bond donors (Lipinski definition) is 1. The van der Waals surface area contributed by atoms with Gasteiger partial charge in [-0.2, -0.15) is 0 Å². The van der Waals surface area contributed by atoms with Gasteiger partial charge >= 0.3 is 0 Å². The lowest BCUT2D eigenvalue weighted by molar-refractivity contribution is 0.394. The highest BCUT2D eigenvalue weighted by molar-refractivity contribution is 5.36. The van der Waals surface area contributed by atoms with Gasteiger partial charge < -0.3 is 10.1 Å². The summed E-state index contributed by atoms with van der Waals surface area (Å²) in [4.78, 5) is 0. The summed E-state index contributed by atoms with van der Waals surface area (Å²) < 4.78 is 19.2. The van der Waals surface area contributed by atoms with Crippen molar-refractivity contribution in [2.45, 2.75) is 45.1 Å². The lowest BCUT2D eigenvalue weighted by Crippen LogP contribution is -2.22. The number of nitrogens with one attached hydrogen (secondary N) is 1. The van der Waals surface area contributed by atoms with Gasteiger partial charge in [0.05, 0.1) is 7.11 Å². The van der Waals surface area contributed by atoms with E-state index in [2.05, 4.69) is 11.4 Å². The maximum atomic E-state index is 13.9. The van der Waals surface area contributed by atoms with Crippen LogP contribution in [0.1, 0.15) is 50.6 Å². The predicted octanol–water partition coefficient (Wildman–Crippen LogP) is 4.38. The largest absolute Gasteiger partial charge is 0.496 e. The number of halogens is 1. The van der Waals surface area contributed by atoms with E-state index in [4.69, 9.17) is 4.74 Å². The molecule has 20 heavy (non-hydrogen) atoms. The van der Waals surface area contributed by atoms with Crippen molar-refractivity contribution in [2.75, 3.05) is 13.7 Å². The fourth-order valence-electron chi connectivity index (χ4n) is 2.80. The highest BCUT2D eigenvalue weighted by atomic mass is 19.1. The normalized spacial score (nSPS) is 16.6. The monoisotopic (exact) mass is 277 g/mol. The summed E-state index contributed by atoms with van der Waals surface area (Å²) in [6.07, 6.45) is 8.48. The summed E-state index contributed by atoms with van der Waals surface area (Å²) in [7, 11) is 1.58. The molecule has 3 heteroatoms. The van der Waals surface area contributed by atoms with Gasteiger partial charge in [-0.1, -0.05) is 17.7 Å². The third-order valence-electron chi connectivity index (χ3n) is 3.95. The van der Waals surface area contributed by atoms with E-state index in [1.807, 2.05) is 6.92 Å². The lowest BCUT2D eigenvalue weighted by Gasteiger charge is -2.19. The first kappa shape index (κ1) is 15.0. The molecular weight excluding hydrogens is 253 g/mol. The molecule has 0 aromatic heterocycles. The minimum Gasteiger partial charge on any atom is -0.496 e. The first-order chi connectivity index (χ1) is 9.72. The Kier molecular flexibility index (Phi) is 5.60. The molecule has 110 valence electrons. The first-order valence-electron chi connectivity index (χ1n) is 7.46. The number of hydrogen-bond acceptors (Lipinski definition) is 2. The Bertz CT molecular complexity index is 470. The zero-order valence-corrected chi connectivity index (χ0v) is 12.4. The van der Waals surface area contributed by atoms with Crippen LogP contribution in [0.15, 0.2) is 29.8 Å². The molecule has 1 aromatic rings. The Morgan fingerprint density at radius 2 is 2.20 bits per heavy atom. The molecule has 1 unspecified atom stereocenters. The topological polar surface area (TPSA) is 21.3 Å². The van der Waals surface area contributed by atoms with Crippen LogP contribution in [0.3, 0.4) is 0 Å². The van der Waals surface area contributed by atoms with Crippen molar-refractivity contribution in [3.63, 3.8) is 0 Å². The zero-order valence-electron chi connectivity index (χ0n) is 12.4. The molecule has 0 heterocycles. The second-order valence-electron chi connectivity index (χ2n) is 5.39. The molecule has 0 radical (unpaired) electrons. The molecule has 0 saturated carbocycles. The molecule has 0 fully saturated rings. The second kappa shape index (κ2) is 7.44. The van der Waals surface area contributed by atoms with Crippen molar-refractivity contribution in [2.24, 2.45) is 0 Å². The van der Waals surface area contributed by atoms with E-state index in [0.29, 0.717) is 11.3 Å². The number of methoxy groups -OCH3 is 1. The molecule has 0 spiro atoms. The molecule has 1 aromatic carbocycles. The molecular formula is C17H24FNO. The third kappa shape index (κ3) is 3.83. The van der Waals surface area contributed by atoms with Gasteiger partial charge in [-0.25, -0.2) is 4.39 Å². The quantitative estimate of drug-likeness (QED) is 0.779. The van der Waals surface area contributed by atoms with E-state index < -0.39 is 0 Å². The molecule has 0 saturated heterocycles. The van der Waals surface area contributed by atoms with E-state index in [1.165, 1.54) is 37.3 Å². The fourth-order valence-corrected chi connectivity index (χ4v) is 2.80. The van der Waals surface area contributed by atoms with Gasteiger partial charge in [0, 0.05) is 11.6 Å². The summed E-state index contributed by atoms with van der Waals surface area (Å²) >= 11 is 0. The van der Waals surface area contributed by atoms with E-state index in [1.54, 1.807) is 19.2 Å². The molecule has 1 aliphatic carbocycles. The summed E-state index contributed by atoms with van der Waals surface area (Å²) in [5.74, 6) is 0.406. The SMILES string of the molecule is COc1cccc(F)c1C(C)NCCC1=CCCCC1. The average molecular weight is 277 g/mol. The first-order valence-corrected chi connectivity index (χ1v) is 7.46. The molecule has 0 bridgehead atoms. The average Bonchev–Trinajstić information content (AvgIpc) is 2.47. The van der Waals surface area contributed by atoms with Gasteiger partial charge in [0.25, 0.3) is 0 Å². The van der Waals surface area contributed by atoms with Gasteiger partial charge in [-0.05, 0) is 57.7 Å². The Labute approximate surface area is 121 Å². The number of rotatable bonds is 6. The Morgan fingerprint density at radius 3 is 2.90 bits per heavy atom. The molecule has 2 nitrogen and oxygen atoms in total. The molecule has 1 aliphatic rings. The number of benzene rings is 1. The minimum atomic E-state index is -0.207. The summed E-state index contributed by atoms with van der Waals surface area (Å²) in [6.45, 7) is 2.86. The van der Waals surface area contributed by atoms with E-state index in [0.717, 1.165) is 13.0 Å². The van der Waals surface area contributed by atoms with E-state index >= 15 is 0 Å². The van der Waals surface area contributed by atoms with Crippen LogP contribution in [0.2, 0.25) is 0 Å². The highest BCUT2D eigenvalue weighted by Gasteiger charge is 2.16. The smallest absolute Gasteiger partial charge is 0.131 e. The Morgan fingerprint density at radius 1 is 1.35 bits per heavy atom. The van der Waals surface area contributed by atoms with Crippen LogP contribution in [-0.4, -0.2) is 13.7 Å². The van der Waals surface area contributed by atoms with Crippen LogP contribution in [0.5, 0.6) is 5.75 Å². The van der Waals surface area contributed by atoms with Gasteiger partial charge in [0.1, 0.15) is 11.6 Å². The standard InChI is InChI=1S/C17H24FNO/c1-13(17-15(18)9-6-10-16(17)20-2)19-12-11-14-7-4-3-5-8-14/h6-7,9-10,13,19H,3-5,8,11-12H2,1-2H3. The predicted molar refractivity (Wildman–Crippen MR) is 80.5 cm³/mol. The minimum absolute atomic E-state index is 0.0460. The maximum absolute atomic E-state index is 13.9. The fraction of sp³-hybridized carbons (Fsp3) is 0.529. The van der Waals surface area contributed by atoms with E-state index in [9.17, 15) is 4.39 Å². The van der Waals surface area contributed by atoms with Gasteiger partial charge in [-0.15, -0.1) is 0 Å². The maximum Gasteiger partial charge on any atom is 0.131 e. The summed E-state index contributed by atoms with van der Waals surface area (Å²) in [5, 5.41) is 3.40. The highest BCUT2D eigenvalue weighted by Crippen LogP contribution is 2.28. The van der Waals surface area contributed by atoms with Gasteiger partial charge in [0.2, 0.25) is 0 Å². The van der Waals surface area contributed by atoms with Crippen LogP contribution >= 0.6 is 0 Å². The van der Waals surface area contributed by atoms with E-state index in [-0.39, 0.29) is 11.9 Å². The molecule has 1 N–H and O–H groups in total. The van der Waals surface area contributed by atoms with Gasteiger partial charge in [-0.3, -0.25) is 0 Å². The third-order valence-corrected chi connectivity index (χ3v) is 3.95.